The van der Waals surface area contributed by atoms with Gasteiger partial charge in [-0.2, -0.15) is 0 Å². The number of anilines is 2. The lowest BCUT2D eigenvalue weighted by Gasteiger charge is -2.31. The van der Waals surface area contributed by atoms with E-state index in [1.165, 1.54) is 76.5 Å². The Hall–Kier alpha value is -12.4. The first-order valence-corrected chi connectivity index (χ1v) is 35.8. The first kappa shape index (κ1) is 84.9. The van der Waals surface area contributed by atoms with Gasteiger partial charge in [0.15, 0.2) is 12.1 Å². The average Bonchev–Trinajstić information content (AvgIpc) is 1.77. The predicted octanol–water partition coefficient (Wildman–Crippen LogP) is -0.207. The molecule has 6 aromatic rings. The van der Waals surface area contributed by atoms with E-state index < -0.39 is 168 Å². The number of nitrogens with two attached hydrogens (primary N) is 2. The van der Waals surface area contributed by atoms with E-state index in [-0.39, 0.29) is 57.9 Å². The molecule has 1 aromatic heterocycles. The second-order valence-electron chi connectivity index (χ2n) is 27.0. The maximum absolute atomic E-state index is 15.3. The molecule has 5 aromatic carbocycles. The van der Waals surface area contributed by atoms with Crippen molar-refractivity contribution >= 4 is 122 Å². The third-order valence-corrected chi connectivity index (χ3v) is 17.7. The number of carbonyl (C=O) groups is 14. The van der Waals surface area contributed by atoms with Gasteiger partial charge in [0.1, 0.15) is 54.4 Å². The molecule has 0 saturated carbocycles. The molecule has 0 aliphatic carbocycles. The molecule has 0 bridgehead atoms. The molecule has 1 unspecified atom stereocenters. The molecule has 33 nitrogen and oxygen atoms in total. The number of carbonyl (C=O) groups excluding carboxylic acids is 14. The van der Waals surface area contributed by atoms with Crippen LogP contribution in [0.25, 0.3) is 10.8 Å². The smallest absolute Gasteiger partial charge is 0.266 e. The van der Waals surface area contributed by atoms with Gasteiger partial charge in [-0.25, -0.2) is 0 Å². The van der Waals surface area contributed by atoms with Crippen molar-refractivity contribution in [3.63, 3.8) is 0 Å². The minimum Gasteiger partial charge on any atom is -0.394 e. The number of primary amides is 1. The van der Waals surface area contributed by atoms with Crippen molar-refractivity contribution in [2.24, 2.45) is 17.4 Å². The summed E-state index contributed by atoms with van der Waals surface area (Å²) >= 11 is 6.25. The summed E-state index contributed by atoms with van der Waals surface area (Å²) in [6.07, 6.45) is 0.0415. The molecule has 34 heteroatoms. The molecule has 1 aliphatic rings. The number of aliphatic hydroxyl groups is 1. The fourth-order valence-corrected chi connectivity index (χ4v) is 12.1. The number of halogens is 1. The quantitative estimate of drug-likeness (QED) is 0.0136. The fourth-order valence-electron chi connectivity index (χ4n) is 12.0. The van der Waals surface area contributed by atoms with Gasteiger partial charge in [0.05, 0.1) is 13.2 Å². The predicted molar refractivity (Wildman–Crippen MR) is 407 cm³/mol. The number of aromatic nitrogens is 1. The van der Waals surface area contributed by atoms with Crippen molar-refractivity contribution in [3.05, 3.63) is 173 Å². The van der Waals surface area contributed by atoms with Crippen LogP contribution in [0.2, 0.25) is 5.02 Å². The Bertz CT molecular complexity index is 4330. The molecule has 2 heterocycles. The molecule has 19 N–H and O–H groups in total. The number of likely N-dealkylation sites (tertiary alicyclic amines) is 1. The highest BCUT2D eigenvalue weighted by Crippen LogP contribution is 2.22. The summed E-state index contributed by atoms with van der Waals surface area (Å²) in [6, 6.07) is 21.5. The van der Waals surface area contributed by atoms with Crippen molar-refractivity contribution < 1.29 is 72.2 Å². The highest BCUT2D eigenvalue weighted by Gasteiger charge is 2.41. The van der Waals surface area contributed by atoms with Gasteiger partial charge in [0.2, 0.25) is 76.8 Å². The highest BCUT2D eigenvalue weighted by molar-refractivity contribution is 6.30. The number of rotatable bonds is 37. The molecule has 584 valence electrons. The number of fused-ring (bicyclic) bond motifs is 1. The lowest BCUT2D eigenvalue weighted by atomic mass is 9.99. The minimum atomic E-state index is -1.94. The monoisotopic (exact) mass is 1530 g/mol. The maximum atomic E-state index is 15.3. The molecule has 1 aliphatic heterocycles. The average molecular weight is 1530 g/mol. The van der Waals surface area contributed by atoms with Crippen molar-refractivity contribution in [2.75, 3.05) is 30.3 Å². The Kier molecular flexibility index (Phi) is 31.7. The van der Waals surface area contributed by atoms with Gasteiger partial charge in [0.25, 0.3) is 5.91 Å². The van der Waals surface area contributed by atoms with Crippen LogP contribution >= 0.6 is 11.6 Å². The number of hydrogen-bond donors (Lipinski definition) is 17. The van der Waals surface area contributed by atoms with Crippen LogP contribution in [0.4, 0.5) is 11.4 Å². The van der Waals surface area contributed by atoms with Crippen molar-refractivity contribution in [1.82, 2.24) is 68.4 Å². The van der Waals surface area contributed by atoms with Crippen LogP contribution in [0.15, 0.2) is 140 Å². The molecule has 7 rings (SSSR count). The van der Waals surface area contributed by atoms with Gasteiger partial charge in [0, 0.05) is 88.2 Å². The van der Waals surface area contributed by atoms with E-state index in [0.29, 0.717) is 44.2 Å². The van der Waals surface area contributed by atoms with Crippen LogP contribution in [0.5, 0.6) is 0 Å². The number of guanidine groups is 1. The molecule has 1 fully saturated rings. The van der Waals surface area contributed by atoms with Crippen LogP contribution in [-0.4, -0.2) is 184 Å². The summed E-state index contributed by atoms with van der Waals surface area (Å²) in [6.45, 7) is 6.76. The SMILES string of the molecule is CC(=O)Nc1ccc(C[C@H](NC(=O)[C@H](CO)NC(=O)[C@@H](Cc2cccnc2)NC(=O)[C@@H](Cc2ccc(Cl)cc2)NC(=O)[C@@H](Cc2ccc3ccccc3c2)NC(C)=O)C(=O)N[C@H](Cc2ccc(NC(C)=O)cc2)C(=O)N[C@@H](CC(C)C)C(=O)NC(NC(=O)CNC(=N)N)C(=O)N2CCC[C@@H]2C(=O)N[C@H](C)C(N)=O)cc1. The number of pyridine rings is 1. The van der Waals surface area contributed by atoms with E-state index in [9.17, 15) is 62.6 Å². The number of benzene rings is 5. The lowest BCUT2D eigenvalue weighted by Crippen LogP contribution is -2.64. The van der Waals surface area contributed by atoms with Crippen molar-refractivity contribution in [3.8, 4) is 0 Å². The summed E-state index contributed by atoms with van der Waals surface area (Å²) in [5.41, 5.74) is 13.9. The van der Waals surface area contributed by atoms with Gasteiger partial charge < -0.3 is 90.6 Å². The number of hydrogen-bond acceptors (Lipinski definition) is 17. The Balaban J connectivity index is 1.19. The maximum Gasteiger partial charge on any atom is 0.266 e. The summed E-state index contributed by atoms with van der Waals surface area (Å²) < 4.78 is 0. The molecule has 1 saturated heterocycles. The third kappa shape index (κ3) is 26.8. The van der Waals surface area contributed by atoms with Crippen molar-refractivity contribution in [1.29, 1.82) is 5.41 Å². The Morgan fingerprint density at radius 3 is 1.42 bits per heavy atom. The van der Waals surface area contributed by atoms with Crippen LogP contribution in [0.1, 0.15) is 88.6 Å². The largest absolute Gasteiger partial charge is 0.394 e. The molecular weight excluding hydrogens is 1440 g/mol. The van der Waals surface area contributed by atoms with Gasteiger partial charge in [-0.3, -0.25) is 77.5 Å². The molecule has 14 amide bonds. The van der Waals surface area contributed by atoms with E-state index in [0.717, 1.165) is 15.7 Å². The fraction of sp³-hybridized carbons (Fsp3) is 0.368. The standard InChI is InChI=1S/C76H93ClN18O15/c1-41(2)31-56(72(107)94-66(93-64(100)39-82-76(79)80)75(110)95-30-10-14-63(95)74(109)83-42(3)65(78)101)87-68(103)59(34-47-18-25-54(26-19-47)84-43(4)97)89-70(105)60(35-48-20-27-55(28-21-48)85-44(5)98)91-73(108)62(40-96)92-71(106)61(37-50-11-9-29-81-38-50)90-69(104)58(33-46-16-23-53(77)24-17-46)88-67(102)57(86-45(6)99)36-49-15-22-51-12-7-8-13-52(51)32-49/h7-9,11-13,15-29,32,38,41-42,56-63,66,96H,10,14,30-31,33-37,39-40H2,1-6H3,(H2,78,101)(H,83,109)(H,84,97)(H,85,98)(H,86,99)(H,87,103)(H,88,102)(H,89,105)(H,90,104)(H,91,108)(H,92,106)(H,93,100)(H,94,107)(H4,79,80,82)/t42-,56+,57-,58-,59-,60+,61-,62+,63-,66?/m1/s1. The summed E-state index contributed by atoms with van der Waals surface area (Å²) in [4.78, 5) is 200. The van der Waals surface area contributed by atoms with E-state index in [1.54, 1.807) is 62.4 Å². The van der Waals surface area contributed by atoms with Crippen LogP contribution in [0.3, 0.4) is 0 Å². The van der Waals surface area contributed by atoms with E-state index in [1.807, 2.05) is 42.5 Å². The number of nitrogens with one attached hydrogen (secondary N) is 14. The molecule has 0 spiro atoms. The summed E-state index contributed by atoms with van der Waals surface area (Å²) in [7, 11) is 0. The van der Waals surface area contributed by atoms with Gasteiger partial charge in [-0.05, 0) is 113 Å². The zero-order valence-corrected chi connectivity index (χ0v) is 62.3. The molecular formula is C76H93ClN18O15. The molecule has 0 radical (unpaired) electrons. The number of aliphatic hydroxyl groups excluding tert-OH is 1. The Morgan fingerprint density at radius 2 is 0.955 bits per heavy atom. The number of nitrogens with zero attached hydrogens (tertiary/aromatic N) is 2. The summed E-state index contributed by atoms with van der Waals surface area (Å²) in [5, 5.41) is 54.3. The van der Waals surface area contributed by atoms with E-state index in [4.69, 9.17) is 28.5 Å². The van der Waals surface area contributed by atoms with Crippen molar-refractivity contribution in [2.45, 2.75) is 153 Å². The first-order valence-electron chi connectivity index (χ1n) is 35.4. The Labute approximate surface area is 639 Å². The lowest BCUT2D eigenvalue weighted by molar-refractivity contribution is -0.144. The topological polar surface area (TPSA) is 508 Å². The second-order valence-corrected chi connectivity index (χ2v) is 27.4. The third-order valence-electron chi connectivity index (χ3n) is 17.5. The van der Waals surface area contributed by atoms with Gasteiger partial charge >= 0.3 is 0 Å². The first-order chi connectivity index (χ1) is 52.3. The zero-order chi connectivity index (χ0) is 80.3. The van der Waals surface area contributed by atoms with Crippen LogP contribution in [0, 0.1) is 11.3 Å². The van der Waals surface area contributed by atoms with Gasteiger partial charge in [-0.15, -0.1) is 0 Å². The normalized spacial score (nSPS) is 14.8. The molecule has 110 heavy (non-hydrogen) atoms. The second kappa shape index (κ2) is 41.1. The Morgan fingerprint density at radius 1 is 0.509 bits per heavy atom. The van der Waals surface area contributed by atoms with E-state index >= 15 is 9.59 Å². The highest BCUT2D eigenvalue weighted by atomic mass is 35.5. The zero-order valence-electron chi connectivity index (χ0n) is 61.5. The number of amides is 14. The van der Waals surface area contributed by atoms with Crippen LogP contribution in [-0.2, 0) is 99.2 Å². The van der Waals surface area contributed by atoms with E-state index in [2.05, 4.69) is 74.1 Å². The molecule has 10 atom stereocenters. The summed E-state index contributed by atoms with van der Waals surface area (Å²) in [5.74, 6) is -12.9. The van der Waals surface area contributed by atoms with Crippen LogP contribution < -0.4 is 80.6 Å². The minimum absolute atomic E-state index is 0.0109. The van der Waals surface area contributed by atoms with Gasteiger partial charge in [-0.1, -0.05) is 110 Å².